The second-order valence-corrected chi connectivity index (χ2v) is 15.9. The summed E-state index contributed by atoms with van der Waals surface area (Å²) in [5, 5.41) is 0. The van der Waals surface area contributed by atoms with Crippen LogP contribution in [0.5, 0.6) is 0 Å². The first-order valence-electron chi connectivity index (χ1n) is 17.4. The van der Waals surface area contributed by atoms with Gasteiger partial charge in [0.25, 0.3) is 5.72 Å². The van der Waals surface area contributed by atoms with Gasteiger partial charge in [0.2, 0.25) is 23.6 Å². The van der Waals surface area contributed by atoms with Gasteiger partial charge in [-0.2, -0.15) is 26.3 Å². The smallest absolute Gasteiger partial charge is 0.449 e. The number of hydrogen-bond acceptors (Lipinski definition) is 10. The number of halogens is 6. The molecule has 0 aromatic carbocycles. The fraction of sp³-hybridized carbons (Fsp3) is 0.909. The number of allylic oxidation sites excluding steroid dienone is 1. The van der Waals surface area contributed by atoms with Gasteiger partial charge in [0.05, 0.1) is 0 Å². The quantitative estimate of drug-likeness (QED) is 0.130. The van der Waals surface area contributed by atoms with E-state index in [0.29, 0.717) is 51.3 Å². The van der Waals surface area contributed by atoms with Crippen molar-refractivity contribution in [2.75, 3.05) is 6.61 Å². The molecule has 0 amide bonds. The van der Waals surface area contributed by atoms with Gasteiger partial charge < -0.3 is 23.7 Å². The maximum atomic E-state index is 15.3. The lowest BCUT2D eigenvalue weighted by molar-refractivity contribution is -0.583. The Morgan fingerprint density at radius 2 is 1.33 bits per heavy atom. The highest BCUT2D eigenvalue weighted by Crippen LogP contribution is 2.65. The van der Waals surface area contributed by atoms with E-state index < -0.39 is 83.6 Å². The summed E-state index contributed by atoms with van der Waals surface area (Å²) < 4.78 is 119. The highest BCUT2D eigenvalue weighted by atomic mass is 19.4. The van der Waals surface area contributed by atoms with Gasteiger partial charge in [-0.3, -0.25) is 0 Å². The average molecular weight is 712 g/mol. The van der Waals surface area contributed by atoms with Crippen molar-refractivity contribution in [3.8, 4) is 0 Å². The summed E-state index contributed by atoms with van der Waals surface area (Å²) in [7, 11) is 0. The Labute approximate surface area is 279 Å². The van der Waals surface area contributed by atoms with Crippen molar-refractivity contribution >= 4 is 6.40 Å². The summed E-state index contributed by atoms with van der Waals surface area (Å²) in [5.74, 6) is -7.11. The molecule has 16 heteroatoms. The van der Waals surface area contributed by atoms with Crippen molar-refractivity contribution in [1.82, 2.24) is 0 Å². The molecule has 2 spiro atoms. The number of alkyl halides is 6. The van der Waals surface area contributed by atoms with Crippen molar-refractivity contribution in [2.45, 2.75) is 139 Å². The molecule has 8 heterocycles. The summed E-state index contributed by atoms with van der Waals surface area (Å²) in [4.78, 5) is 27.2. The molecule has 8 aliphatic heterocycles. The fourth-order valence-corrected chi connectivity index (χ4v) is 10.6. The lowest BCUT2D eigenvalue weighted by atomic mass is 9.56. The standard InChI is InChI=1S/C33H43F6NO9/c1-16-6-8-22-18(3)31(33(37,38)39,45-26-29(22)20(16)10-13-28(5,44-26)47-48-29)40-15-41-14-19-23-9-7-17(2)21-11-12-27(4)43-25(30(21,23)49-46-27)42-24(19)32(34,35)36/h15-18,20-23,25-26H,6-14H2,1-5H3/t16-,17-,18-,20?,21?,22+,23+,25-,26+,27-,28-,29-,30-,31-/m1/s1. The lowest BCUT2D eigenvalue weighted by Crippen LogP contribution is -2.75. The van der Waals surface area contributed by atoms with Crippen molar-refractivity contribution in [1.29, 1.82) is 0 Å². The van der Waals surface area contributed by atoms with Crippen LogP contribution in [0.25, 0.3) is 0 Å². The Bertz CT molecular complexity index is 1410. The number of hydrogen-bond donors (Lipinski definition) is 0. The summed E-state index contributed by atoms with van der Waals surface area (Å²) in [6.07, 6.45) is -8.45. The molecule has 10 nitrogen and oxygen atoms in total. The van der Waals surface area contributed by atoms with Crippen LogP contribution < -0.4 is 0 Å². The van der Waals surface area contributed by atoms with Gasteiger partial charge >= 0.3 is 12.4 Å². The highest BCUT2D eigenvalue weighted by molar-refractivity contribution is 5.48. The van der Waals surface area contributed by atoms with Crippen LogP contribution in [0.4, 0.5) is 26.3 Å². The second kappa shape index (κ2) is 10.9. The molecule has 2 unspecified atom stereocenters. The molecule has 0 aromatic heterocycles. The molecule has 276 valence electrons. The van der Waals surface area contributed by atoms with Gasteiger partial charge in [0, 0.05) is 42.1 Å². The largest absolute Gasteiger partial charge is 0.479 e. The van der Waals surface area contributed by atoms with Gasteiger partial charge in [-0.15, -0.1) is 0 Å². The van der Waals surface area contributed by atoms with E-state index in [9.17, 15) is 13.2 Å². The van der Waals surface area contributed by atoms with Crippen LogP contribution >= 0.6 is 0 Å². The van der Waals surface area contributed by atoms with Gasteiger partial charge in [0.15, 0.2) is 23.9 Å². The number of nitrogens with zero attached hydrogens (tertiary/aromatic N) is 1. The number of aliphatic imine (C=N–C) groups is 1. The minimum Gasteiger partial charge on any atom is -0.479 e. The Kier molecular flexibility index (Phi) is 7.67. The molecule has 7 saturated heterocycles. The number of ether oxygens (including phenoxy) is 5. The second-order valence-electron chi connectivity index (χ2n) is 15.9. The third kappa shape index (κ3) is 4.75. The van der Waals surface area contributed by atoms with E-state index in [2.05, 4.69) is 4.99 Å². The molecule has 49 heavy (non-hydrogen) atoms. The molecule has 10 rings (SSSR count). The Morgan fingerprint density at radius 1 is 0.735 bits per heavy atom. The first-order valence-corrected chi connectivity index (χ1v) is 17.4. The van der Waals surface area contributed by atoms with E-state index in [0.717, 1.165) is 0 Å². The van der Waals surface area contributed by atoms with E-state index in [4.69, 9.17) is 43.2 Å². The zero-order chi connectivity index (χ0) is 35.0. The Morgan fingerprint density at radius 3 is 1.96 bits per heavy atom. The normalized spacial score (nSPS) is 52.3. The number of rotatable bonds is 4. The van der Waals surface area contributed by atoms with Gasteiger partial charge in [-0.25, -0.2) is 24.5 Å². The van der Waals surface area contributed by atoms with Crippen molar-refractivity contribution < 1.29 is 69.6 Å². The third-order valence-electron chi connectivity index (χ3n) is 13.2. The molecule has 9 fully saturated rings. The topological polar surface area (TPSA) is 95.4 Å². The van der Waals surface area contributed by atoms with Crippen molar-refractivity contribution in [3.05, 3.63) is 11.3 Å². The maximum absolute atomic E-state index is 15.3. The van der Waals surface area contributed by atoms with Crippen LogP contribution in [0.2, 0.25) is 0 Å². The van der Waals surface area contributed by atoms with E-state index in [-0.39, 0.29) is 35.7 Å². The van der Waals surface area contributed by atoms with E-state index >= 15 is 13.2 Å². The third-order valence-corrected chi connectivity index (χ3v) is 13.2. The van der Waals surface area contributed by atoms with Crippen molar-refractivity contribution in [3.63, 3.8) is 0 Å². The highest BCUT2D eigenvalue weighted by Gasteiger charge is 2.77. The minimum absolute atomic E-state index is 0.0616. The zero-order valence-corrected chi connectivity index (χ0v) is 28.0. The van der Waals surface area contributed by atoms with Gasteiger partial charge in [-0.1, -0.05) is 20.8 Å². The van der Waals surface area contributed by atoms with Crippen molar-refractivity contribution in [2.24, 2.45) is 46.4 Å². The molecular weight excluding hydrogens is 668 g/mol. The fourth-order valence-electron chi connectivity index (χ4n) is 10.6. The molecule has 2 saturated carbocycles. The molecule has 0 aromatic rings. The predicted molar refractivity (Wildman–Crippen MR) is 153 cm³/mol. The van der Waals surface area contributed by atoms with Crippen LogP contribution in [-0.4, -0.2) is 66.4 Å². The van der Waals surface area contributed by atoms with E-state index in [1.54, 1.807) is 13.8 Å². The number of fused-ring (bicyclic) bond motifs is 4. The van der Waals surface area contributed by atoms with E-state index in [1.807, 2.05) is 13.8 Å². The van der Waals surface area contributed by atoms with Gasteiger partial charge in [-0.05, 0) is 70.1 Å². The Hall–Kier alpha value is -1.69. The molecule has 0 N–H and O–H groups in total. The molecule has 0 radical (unpaired) electrons. The first kappa shape index (κ1) is 34.4. The molecule has 4 bridgehead atoms. The van der Waals surface area contributed by atoms with Crippen LogP contribution in [0.3, 0.4) is 0 Å². The van der Waals surface area contributed by atoms with Gasteiger partial charge in [0.1, 0.15) is 6.61 Å². The summed E-state index contributed by atoms with van der Waals surface area (Å²) in [6, 6.07) is 0. The molecule has 10 aliphatic rings. The van der Waals surface area contributed by atoms with Crippen LogP contribution in [-0.2, 0) is 43.2 Å². The minimum atomic E-state index is -5.05. The van der Waals surface area contributed by atoms with E-state index in [1.165, 1.54) is 6.92 Å². The monoisotopic (exact) mass is 711 g/mol. The molecule has 2 aliphatic carbocycles. The van der Waals surface area contributed by atoms with Crippen LogP contribution in [0, 0.1) is 41.4 Å². The maximum Gasteiger partial charge on any atom is 0.449 e. The molecular formula is C33H43F6NO9. The Balaban J connectivity index is 1.12. The summed E-state index contributed by atoms with van der Waals surface area (Å²) in [5.41, 5.74) is -6.12. The van der Waals surface area contributed by atoms with Crippen LogP contribution in [0.1, 0.15) is 86.0 Å². The zero-order valence-electron chi connectivity index (χ0n) is 28.0. The SMILES string of the molecule is C[C@@H]1CC[C@H]2C(COC=N[C@@]3(C(F)(F)F)O[C@@H]4O[C@@]5(C)CCC6[C@H](C)CC[C@@H]([C@H]3C)[C@]64OO5)=C(C(F)(F)F)O[C@@H]3O[C@@]4(C)CCC1[C@]32OO4. The predicted octanol–water partition coefficient (Wildman–Crippen LogP) is 7.23. The molecule has 14 atom stereocenters. The summed E-state index contributed by atoms with van der Waals surface area (Å²) >= 11 is 0. The van der Waals surface area contributed by atoms with Crippen LogP contribution in [0.15, 0.2) is 16.3 Å². The lowest BCUT2D eigenvalue weighted by Gasteiger charge is -2.62. The summed E-state index contributed by atoms with van der Waals surface area (Å²) in [6.45, 7) is 7.88. The average Bonchev–Trinajstić information content (AvgIpc) is 3.39. The first-order chi connectivity index (χ1) is 22.9.